The molecule has 2 saturated heterocycles. The maximum Gasteiger partial charge on any atom is 0.251 e. The summed E-state index contributed by atoms with van der Waals surface area (Å²) >= 11 is 2.22. The molecule has 0 unspecified atom stereocenters. The second-order valence-corrected chi connectivity index (χ2v) is 8.96. The summed E-state index contributed by atoms with van der Waals surface area (Å²) in [6.45, 7) is 1.60. The number of hydrogen-bond donors (Lipinski definition) is 1. The largest absolute Gasteiger partial charge is 0.342 e. The fourth-order valence-electron chi connectivity index (χ4n) is 4.41. The Kier molecular flexibility index (Phi) is 4.87. The lowest BCUT2D eigenvalue weighted by atomic mass is 9.95. The van der Waals surface area contributed by atoms with Crippen LogP contribution in [0.2, 0.25) is 0 Å². The Bertz CT molecular complexity index is 1040. The van der Waals surface area contributed by atoms with Gasteiger partial charge in [0.25, 0.3) is 5.91 Å². The van der Waals surface area contributed by atoms with Crippen LogP contribution in [0.3, 0.4) is 0 Å². The normalized spacial score (nSPS) is 21.4. The van der Waals surface area contributed by atoms with E-state index in [1.54, 1.807) is 0 Å². The van der Waals surface area contributed by atoms with Crippen LogP contribution < -0.4 is 4.90 Å². The molecule has 2 amide bonds. The van der Waals surface area contributed by atoms with Gasteiger partial charge in [0.05, 0.1) is 29.2 Å². The number of imide groups is 1. The first-order chi connectivity index (χ1) is 14.1. The molecule has 7 heteroatoms. The standard InChI is InChI=1S/C22H21IN4O2/c23-15-5-7-16(8-6-15)27-20(28)13-19(22(27)29)26-11-9-14(10-12-26)21-24-17-3-1-2-4-18(17)25-21/h1-8,14,19H,9-13H2,(H,24,25)/t19-/m0/s1. The molecule has 2 fully saturated rings. The van der Waals surface area contributed by atoms with Crippen molar-refractivity contribution in [3.05, 3.63) is 57.9 Å². The van der Waals surface area contributed by atoms with E-state index in [0.717, 1.165) is 46.4 Å². The highest BCUT2D eigenvalue weighted by Gasteiger charge is 2.43. The van der Waals surface area contributed by atoms with E-state index in [9.17, 15) is 9.59 Å². The number of carbonyl (C=O) groups is 2. The smallest absolute Gasteiger partial charge is 0.251 e. The Morgan fingerprint density at radius 2 is 1.72 bits per heavy atom. The molecule has 3 aromatic rings. The van der Waals surface area contributed by atoms with Crippen molar-refractivity contribution in [1.82, 2.24) is 14.9 Å². The fraction of sp³-hybridized carbons (Fsp3) is 0.318. The molecule has 1 N–H and O–H groups in total. The minimum atomic E-state index is -0.349. The summed E-state index contributed by atoms with van der Waals surface area (Å²) in [5.74, 6) is 1.18. The number of likely N-dealkylation sites (tertiary alicyclic amines) is 1. The van der Waals surface area contributed by atoms with Crippen molar-refractivity contribution in [3.8, 4) is 0 Å². The van der Waals surface area contributed by atoms with Gasteiger partial charge >= 0.3 is 0 Å². The van der Waals surface area contributed by atoms with Gasteiger partial charge in [-0.1, -0.05) is 12.1 Å². The van der Waals surface area contributed by atoms with Crippen LogP contribution >= 0.6 is 22.6 Å². The first-order valence-corrected chi connectivity index (χ1v) is 11.0. The van der Waals surface area contributed by atoms with Crippen molar-refractivity contribution < 1.29 is 9.59 Å². The van der Waals surface area contributed by atoms with Gasteiger partial charge in [-0.25, -0.2) is 9.88 Å². The zero-order valence-electron chi connectivity index (χ0n) is 15.8. The van der Waals surface area contributed by atoms with Gasteiger partial charge < -0.3 is 4.98 Å². The number of imidazole rings is 1. The predicted octanol–water partition coefficient (Wildman–Crippen LogP) is 3.68. The van der Waals surface area contributed by atoms with E-state index in [1.807, 2.05) is 48.5 Å². The van der Waals surface area contributed by atoms with Crippen LogP contribution in [-0.4, -0.2) is 45.8 Å². The number of anilines is 1. The van der Waals surface area contributed by atoms with Crippen molar-refractivity contribution in [2.24, 2.45) is 0 Å². The SMILES string of the molecule is O=C1C[C@H](N2CCC(c3nc4ccccc4[nH]3)CC2)C(=O)N1c1ccc(I)cc1. The number of piperidine rings is 1. The monoisotopic (exact) mass is 500 g/mol. The third kappa shape index (κ3) is 3.46. The van der Waals surface area contributed by atoms with Crippen LogP contribution in [0, 0.1) is 3.57 Å². The van der Waals surface area contributed by atoms with Crippen LogP contribution in [0.4, 0.5) is 5.69 Å². The molecule has 148 valence electrons. The zero-order chi connectivity index (χ0) is 20.0. The molecule has 3 heterocycles. The number of rotatable bonds is 3. The lowest BCUT2D eigenvalue weighted by molar-refractivity contribution is -0.123. The molecule has 1 atom stereocenters. The number of amides is 2. The number of carbonyl (C=O) groups excluding carboxylic acids is 2. The minimum Gasteiger partial charge on any atom is -0.342 e. The molecule has 0 saturated carbocycles. The van der Waals surface area contributed by atoms with Crippen LogP contribution in [0.25, 0.3) is 11.0 Å². The third-order valence-corrected chi connectivity index (χ3v) is 6.69. The molecule has 0 aliphatic carbocycles. The Morgan fingerprint density at radius 1 is 1.00 bits per heavy atom. The van der Waals surface area contributed by atoms with Gasteiger partial charge in [0.1, 0.15) is 5.82 Å². The molecule has 0 spiro atoms. The second-order valence-electron chi connectivity index (χ2n) is 7.71. The van der Waals surface area contributed by atoms with Crippen LogP contribution in [0.5, 0.6) is 0 Å². The molecule has 2 aromatic carbocycles. The molecular weight excluding hydrogens is 479 g/mol. The van der Waals surface area contributed by atoms with E-state index in [0.29, 0.717) is 11.6 Å². The van der Waals surface area contributed by atoms with Crippen molar-refractivity contribution >= 4 is 51.1 Å². The molecular formula is C22H21IN4O2. The Balaban J connectivity index is 1.27. The predicted molar refractivity (Wildman–Crippen MR) is 120 cm³/mol. The first-order valence-electron chi connectivity index (χ1n) is 9.91. The summed E-state index contributed by atoms with van der Waals surface area (Å²) in [7, 11) is 0. The van der Waals surface area contributed by atoms with Gasteiger partial charge in [-0.2, -0.15) is 0 Å². The first kappa shape index (κ1) is 18.7. The van der Waals surface area contributed by atoms with Crippen LogP contribution in [-0.2, 0) is 9.59 Å². The van der Waals surface area contributed by atoms with Gasteiger partial charge in [0.15, 0.2) is 0 Å². The minimum absolute atomic E-state index is 0.0987. The number of nitrogens with one attached hydrogen (secondary N) is 1. The number of hydrogen-bond acceptors (Lipinski definition) is 4. The van der Waals surface area contributed by atoms with E-state index < -0.39 is 0 Å². The summed E-state index contributed by atoms with van der Waals surface area (Å²) in [6, 6.07) is 15.2. The molecule has 0 bridgehead atoms. The number of H-pyrrole nitrogens is 1. The summed E-state index contributed by atoms with van der Waals surface area (Å²) < 4.78 is 1.08. The quantitative estimate of drug-likeness (QED) is 0.440. The number of nitrogens with zero attached hydrogens (tertiary/aromatic N) is 3. The van der Waals surface area contributed by atoms with Gasteiger partial charge in [-0.15, -0.1) is 0 Å². The van der Waals surface area contributed by atoms with Gasteiger partial charge in [-0.05, 0) is 84.9 Å². The van der Waals surface area contributed by atoms with Crippen molar-refractivity contribution in [3.63, 3.8) is 0 Å². The lowest BCUT2D eigenvalue weighted by Gasteiger charge is -2.34. The highest BCUT2D eigenvalue weighted by atomic mass is 127. The van der Waals surface area contributed by atoms with E-state index >= 15 is 0 Å². The van der Waals surface area contributed by atoms with E-state index in [-0.39, 0.29) is 24.3 Å². The summed E-state index contributed by atoms with van der Waals surface area (Å²) in [5, 5.41) is 0. The van der Waals surface area contributed by atoms with E-state index in [1.165, 1.54) is 4.90 Å². The molecule has 0 radical (unpaired) electrons. The Morgan fingerprint density at radius 3 is 2.45 bits per heavy atom. The zero-order valence-corrected chi connectivity index (χ0v) is 18.0. The molecule has 2 aliphatic heterocycles. The number of para-hydroxylation sites is 2. The second kappa shape index (κ2) is 7.53. The Labute approximate surface area is 182 Å². The molecule has 29 heavy (non-hydrogen) atoms. The van der Waals surface area contributed by atoms with Crippen molar-refractivity contribution in [2.45, 2.75) is 31.2 Å². The van der Waals surface area contributed by atoms with Crippen molar-refractivity contribution in [2.75, 3.05) is 18.0 Å². The molecule has 1 aromatic heterocycles. The van der Waals surface area contributed by atoms with Crippen molar-refractivity contribution in [1.29, 1.82) is 0 Å². The summed E-state index contributed by atoms with van der Waals surface area (Å²) in [6.07, 6.45) is 2.13. The number of fused-ring (bicyclic) bond motifs is 1. The molecule has 2 aliphatic rings. The topological polar surface area (TPSA) is 69.3 Å². The maximum absolute atomic E-state index is 13.0. The number of aromatic amines is 1. The average molecular weight is 500 g/mol. The molecule has 6 nitrogen and oxygen atoms in total. The van der Waals surface area contributed by atoms with E-state index in [2.05, 4.69) is 32.5 Å². The van der Waals surface area contributed by atoms with Gasteiger partial charge in [0.2, 0.25) is 5.91 Å². The maximum atomic E-state index is 13.0. The lowest BCUT2D eigenvalue weighted by Crippen LogP contribution is -2.45. The molecule has 5 rings (SSSR count). The average Bonchev–Trinajstić information content (AvgIpc) is 3.30. The van der Waals surface area contributed by atoms with Crippen LogP contribution in [0.15, 0.2) is 48.5 Å². The summed E-state index contributed by atoms with van der Waals surface area (Å²) in [5.41, 5.74) is 2.73. The number of benzene rings is 2. The number of halogens is 1. The third-order valence-electron chi connectivity index (χ3n) is 5.97. The van der Waals surface area contributed by atoms with E-state index in [4.69, 9.17) is 4.98 Å². The summed E-state index contributed by atoms with van der Waals surface area (Å²) in [4.78, 5) is 37.3. The highest BCUT2D eigenvalue weighted by molar-refractivity contribution is 14.1. The fourth-order valence-corrected chi connectivity index (χ4v) is 4.77. The van der Waals surface area contributed by atoms with Gasteiger partial charge in [-0.3, -0.25) is 14.5 Å². The highest BCUT2D eigenvalue weighted by Crippen LogP contribution is 2.32. The number of aromatic nitrogens is 2. The van der Waals surface area contributed by atoms with Crippen LogP contribution in [0.1, 0.15) is 31.0 Å². The Hall–Kier alpha value is -2.26. The van der Waals surface area contributed by atoms with Gasteiger partial charge in [0, 0.05) is 9.49 Å².